The average Bonchev–Trinajstić information content (AvgIpc) is 2.98. The summed E-state index contributed by atoms with van der Waals surface area (Å²) in [6, 6.07) is 13.1. The van der Waals surface area contributed by atoms with Crippen molar-refractivity contribution in [1.29, 1.82) is 0 Å². The van der Waals surface area contributed by atoms with Gasteiger partial charge in [0.25, 0.3) is 5.91 Å². The highest BCUT2D eigenvalue weighted by molar-refractivity contribution is 8.18. The monoisotopic (exact) mass is 430 g/mol. The first-order valence-electron chi connectivity index (χ1n) is 9.28. The number of amides is 1. The third-order valence-corrected chi connectivity index (χ3v) is 5.77. The van der Waals surface area contributed by atoms with Crippen LogP contribution in [-0.2, 0) is 4.79 Å². The van der Waals surface area contributed by atoms with Gasteiger partial charge in [0.1, 0.15) is 0 Å². The number of carbonyl (C=O) groups excluding carboxylic acids is 1. The van der Waals surface area contributed by atoms with Gasteiger partial charge in [0.2, 0.25) is 0 Å². The molecule has 1 atom stereocenters. The van der Waals surface area contributed by atoms with Gasteiger partial charge in [-0.05, 0) is 61.0 Å². The Morgan fingerprint density at radius 2 is 2.00 bits per heavy atom. The van der Waals surface area contributed by atoms with Crippen LogP contribution in [0, 0.1) is 0 Å². The summed E-state index contributed by atoms with van der Waals surface area (Å²) in [7, 11) is 3.29. The molecule has 0 radical (unpaired) electrons. The average molecular weight is 431 g/mol. The number of para-hydroxylation sites is 1. The van der Waals surface area contributed by atoms with Crippen LogP contribution in [0.2, 0.25) is 5.02 Å². The van der Waals surface area contributed by atoms with Crippen LogP contribution in [0.4, 0.5) is 5.69 Å². The Labute approximate surface area is 180 Å². The molecule has 0 unspecified atom stereocenters. The van der Waals surface area contributed by atoms with Gasteiger partial charge >= 0.3 is 0 Å². The second-order valence-corrected chi connectivity index (χ2v) is 7.99. The maximum atomic E-state index is 12.7. The highest BCUT2D eigenvalue weighted by Gasteiger charge is 2.30. The molecule has 29 heavy (non-hydrogen) atoms. The van der Waals surface area contributed by atoms with E-state index in [-0.39, 0.29) is 12.0 Å². The quantitative estimate of drug-likeness (QED) is 0.546. The lowest BCUT2D eigenvalue weighted by Crippen LogP contribution is -2.23. The van der Waals surface area contributed by atoms with E-state index >= 15 is 0 Å². The predicted molar refractivity (Wildman–Crippen MR) is 120 cm³/mol. The topological polar surface area (TPSA) is 51.1 Å². The summed E-state index contributed by atoms with van der Waals surface area (Å²) in [5, 5.41) is 1.07. The van der Waals surface area contributed by atoms with Crippen molar-refractivity contribution in [1.82, 2.24) is 4.90 Å². The number of benzene rings is 2. The van der Waals surface area contributed by atoms with Crippen molar-refractivity contribution in [2.24, 2.45) is 4.99 Å². The molecular formula is C22H23ClN2O3S. The Morgan fingerprint density at radius 1 is 1.28 bits per heavy atom. The summed E-state index contributed by atoms with van der Waals surface area (Å²) in [5.41, 5.74) is 1.56. The predicted octanol–water partition coefficient (Wildman–Crippen LogP) is 5.76. The second-order valence-electron chi connectivity index (χ2n) is 6.58. The summed E-state index contributed by atoms with van der Waals surface area (Å²) in [4.78, 5) is 19.3. The highest BCUT2D eigenvalue weighted by Crippen LogP contribution is 2.39. The largest absolute Gasteiger partial charge is 0.493 e. The molecule has 1 amide bonds. The fourth-order valence-corrected chi connectivity index (χ4v) is 3.89. The molecule has 1 aliphatic rings. The summed E-state index contributed by atoms with van der Waals surface area (Å²) >= 11 is 7.77. The van der Waals surface area contributed by atoms with Crippen molar-refractivity contribution in [3.63, 3.8) is 0 Å². The molecule has 1 fully saturated rings. The van der Waals surface area contributed by atoms with E-state index in [0.29, 0.717) is 26.6 Å². The van der Waals surface area contributed by atoms with E-state index < -0.39 is 0 Å². The molecule has 0 saturated carbocycles. The van der Waals surface area contributed by atoms with E-state index in [9.17, 15) is 4.79 Å². The zero-order valence-electron chi connectivity index (χ0n) is 16.8. The van der Waals surface area contributed by atoms with Crippen molar-refractivity contribution < 1.29 is 14.3 Å². The third-order valence-electron chi connectivity index (χ3n) is 4.43. The van der Waals surface area contributed by atoms with Crippen LogP contribution in [0.15, 0.2) is 52.4 Å². The van der Waals surface area contributed by atoms with Crippen molar-refractivity contribution in [2.75, 3.05) is 14.2 Å². The van der Waals surface area contributed by atoms with E-state index in [1.807, 2.05) is 50.2 Å². The van der Waals surface area contributed by atoms with Crippen LogP contribution < -0.4 is 9.47 Å². The maximum Gasteiger partial charge on any atom is 0.266 e. The number of hydrogen-bond donors (Lipinski definition) is 0. The van der Waals surface area contributed by atoms with Crippen LogP contribution >= 0.6 is 23.4 Å². The number of halogens is 1. The Bertz CT molecular complexity index is 960. The van der Waals surface area contributed by atoms with Crippen molar-refractivity contribution >= 4 is 46.2 Å². The molecule has 0 aliphatic carbocycles. The lowest BCUT2D eigenvalue weighted by atomic mass is 10.1. The molecule has 0 bridgehead atoms. The lowest BCUT2D eigenvalue weighted by molar-refractivity contribution is -0.121. The Morgan fingerprint density at radius 3 is 2.66 bits per heavy atom. The fourth-order valence-electron chi connectivity index (χ4n) is 2.64. The van der Waals surface area contributed by atoms with Crippen molar-refractivity contribution in [3.8, 4) is 11.5 Å². The van der Waals surface area contributed by atoms with Crippen LogP contribution in [-0.4, -0.2) is 36.2 Å². The zero-order chi connectivity index (χ0) is 21.0. The van der Waals surface area contributed by atoms with Gasteiger partial charge in [-0.1, -0.05) is 36.7 Å². The number of amidine groups is 1. The lowest BCUT2D eigenvalue weighted by Gasteiger charge is -2.17. The number of likely N-dealkylation sites (N-methyl/N-ethyl adjacent to an activating group) is 1. The van der Waals surface area contributed by atoms with Crippen LogP contribution in [0.5, 0.6) is 11.5 Å². The minimum atomic E-state index is -0.111. The number of rotatable bonds is 6. The fraction of sp³-hybridized carbons (Fsp3) is 0.273. The molecule has 0 aromatic heterocycles. The molecule has 2 aromatic carbocycles. The first kappa shape index (κ1) is 21.3. The number of hydrogen-bond acceptors (Lipinski definition) is 5. The maximum absolute atomic E-state index is 12.7. The molecule has 1 aliphatic heterocycles. The van der Waals surface area contributed by atoms with E-state index in [0.717, 1.165) is 17.7 Å². The van der Waals surface area contributed by atoms with Gasteiger partial charge in [0.15, 0.2) is 16.7 Å². The van der Waals surface area contributed by atoms with Gasteiger partial charge in [-0.15, -0.1) is 0 Å². The summed E-state index contributed by atoms with van der Waals surface area (Å²) < 4.78 is 11.3. The number of aliphatic imine (C=N–C) groups is 1. The molecule has 152 valence electrons. The zero-order valence-corrected chi connectivity index (χ0v) is 18.4. The molecule has 5 nitrogen and oxygen atoms in total. The first-order valence-corrected chi connectivity index (χ1v) is 10.5. The molecule has 1 heterocycles. The van der Waals surface area contributed by atoms with Gasteiger partial charge < -0.3 is 9.47 Å². The molecule has 0 spiro atoms. The molecule has 7 heteroatoms. The standard InChI is InChI=1S/C22H23ClN2O3S/c1-5-14(2)28-20-17(23)11-15(12-18(20)27-4)13-19-21(26)25(3)22(29-19)24-16-9-7-6-8-10-16/h6-14H,5H2,1-4H3/b19-13-,24-22?/t14-/m1/s1. The van der Waals surface area contributed by atoms with Gasteiger partial charge in [-0.2, -0.15) is 0 Å². The Hall–Kier alpha value is -2.44. The normalized spacial score (nSPS) is 17.8. The summed E-state index contributed by atoms with van der Waals surface area (Å²) in [6.45, 7) is 4.01. The van der Waals surface area contributed by atoms with E-state index in [2.05, 4.69) is 4.99 Å². The SMILES string of the molecule is CC[C@@H](C)Oc1c(Cl)cc(/C=C2\SC(=Nc3ccccc3)N(C)C2=O)cc1OC. The number of ether oxygens (including phenoxy) is 2. The van der Waals surface area contributed by atoms with Gasteiger partial charge in [-0.3, -0.25) is 9.69 Å². The minimum Gasteiger partial charge on any atom is -0.493 e. The third kappa shape index (κ3) is 4.95. The molecular weight excluding hydrogens is 408 g/mol. The van der Waals surface area contributed by atoms with Crippen LogP contribution in [0.3, 0.4) is 0 Å². The Balaban J connectivity index is 1.90. The van der Waals surface area contributed by atoms with Gasteiger partial charge in [0, 0.05) is 7.05 Å². The van der Waals surface area contributed by atoms with Crippen LogP contribution in [0.1, 0.15) is 25.8 Å². The van der Waals surface area contributed by atoms with E-state index in [1.54, 1.807) is 31.2 Å². The highest BCUT2D eigenvalue weighted by atomic mass is 35.5. The molecule has 2 aromatic rings. The molecule has 3 rings (SSSR count). The smallest absolute Gasteiger partial charge is 0.266 e. The Kier molecular flexibility index (Phi) is 6.87. The summed E-state index contributed by atoms with van der Waals surface area (Å²) in [5.74, 6) is 0.936. The first-order chi connectivity index (χ1) is 13.9. The van der Waals surface area contributed by atoms with Gasteiger partial charge in [-0.25, -0.2) is 4.99 Å². The van der Waals surface area contributed by atoms with Crippen molar-refractivity contribution in [2.45, 2.75) is 26.4 Å². The van der Waals surface area contributed by atoms with E-state index in [1.165, 1.54) is 11.8 Å². The van der Waals surface area contributed by atoms with Crippen molar-refractivity contribution in [3.05, 3.63) is 58.0 Å². The summed E-state index contributed by atoms with van der Waals surface area (Å²) in [6.07, 6.45) is 2.66. The second kappa shape index (κ2) is 9.37. The number of carbonyl (C=O) groups is 1. The van der Waals surface area contributed by atoms with Crippen LogP contribution in [0.25, 0.3) is 6.08 Å². The minimum absolute atomic E-state index is 0.0166. The number of methoxy groups -OCH3 is 1. The number of thioether (sulfide) groups is 1. The molecule has 0 N–H and O–H groups in total. The van der Waals surface area contributed by atoms with Gasteiger partial charge in [0.05, 0.1) is 28.8 Å². The van der Waals surface area contributed by atoms with E-state index in [4.69, 9.17) is 21.1 Å². The number of nitrogens with zero attached hydrogens (tertiary/aromatic N) is 2. The molecule has 1 saturated heterocycles.